The largest absolute Gasteiger partial charge is 0.336 e. The number of aromatic nitrogens is 1. The van der Waals surface area contributed by atoms with E-state index in [9.17, 15) is 4.79 Å². The first-order chi connectivity index (χ1) is 6.99. The Balaban J connectivity index is 2.48. The number of thiazole rings is 1. The standard InChI is InChI=1S/C10H17N3OS/c1-6(2)12-10(14)13-8(4)9-11-5-7(3)15-9/h5-6,8H,1-4H3,(H2,12,13,14). The third-order valence-corrected chi connectivity index (χ3v) is 2.87. The van der Waals surface area contributed by atoms with Gasteiger partial charge in [0.15, 0.2) is 0 Å². The van der Waals surface area contributed by atoms with Crippen molar-refractivity contribution in [3.8, 4) is 0 Å². The Morgan fingerprint density at radius 2 is 2.07 bits per heavy atom. The topological polar surface area (TPSA) is 54.0 Å². The van der Waals surface area contributed by atoms with Crippen LogP contribution in [0, 0.1) is 6.92 Å². The maximum absolute atomic E-state index is 11.4. The van der Waals surface area contributed by atoms with E-state index in [0.717, 1.165) is 9.88 Å². The molecule has 2 amide bonds. The van der Waals surface area contributed by atoms with E-state index in [4.69, 9.17) is 0 Å². The Labute approximate surface area is 94.1 Å². The van der Waals surface area contributed by atoms with Gasteiger partial charge < -0.3 is 10.6 Å². The van der Waals surface area contributed by atoms with E-state index >= 15 is 0 Å². The van der Waals surface area contributed by atoms with Gasteiger partial charge in [0.05, 0.1) is 6.04 Å². The van der Waals surface area contributed by atoms with E-state index < -0.39 is 0 Å². The van der Waals surface area contributed by atoms with E-state index in [-0.39, 0.29) is 18.1 Å². The summed E-state index contributed by atoms with van der Waals surface area (Å²) in [5.74, 6) is 0. The Hall–Kier alpha value is -1.10. The van der Waals surface area contributed by atoms with E-state index in [1.54, 1.807) is 11.3 Å². The van der Waals surface area contributed by atoms with Gasteiger partial charge in [-0.25, -0.2) is 9.78 Å². The number of urea groups is 1. The van der Waals surface area contributed by atoms with Gasteiger partial charge in [-0.2, -0.15) is 0 Å². The summed E-state index contributed by atoms with van der Waals surface area (Å²) in [6.45, 7) is 7.79. The lowest BCUT2D eigenvalue weighted by Crippen LogP contribution is -2.40. The van der Waals surface area contributed by atoms with E-state index in [1.165, 1.54) is 0 Å². The molecule has 84 valence electrons. The molecule has 2 N–H and O–H groups in total. The highest BCUT2D eigenvalue weighted by molar-refractivity contribution is 7.11. The molecule has 1 atom stereocenters. The smallest absolute Gasteiger partial charge is 0.315 e. The quantitative estimate of drug-likeness (QED) is 0.832. The van der Waals surface area contributed by atoms with Crippen LogP contribution in [0.4, 0.5) is 4.79 Å². The number of carbonyl (C=O) groups excluding carboxylic acids is 1. The molecule has 1 unspecified atom stereocenters. The molecule has 0 aliphatic carbocycles. The van der Waals surface area contributed by atoms with Crippen molar-refractivity contribution < 1.29 is 4.79 Å². The summed E-state index contributed by atoms with van der Waals surface area (Å²) in [5.41, 5.74) is 0. The summed E-state index contributed by atoms with van der Waals surface area (Å²) >= 11 is 1.60. The lowest BCUT2D eigenvalue weighted by molar-refractivity contribution is 0.235. The highest BCUT2D eigenvalue weighted by Crippen LogP contribution is 2.18. The lowest BCUT2D eigenvalue weighted by Gasteiger charge is -2.14. The molecule has 4 nitrogen and oxygen atoms in total. The van der Waals surface area contributed by atoms with Crippen LogP contribution in [0.3, 0.4) is 0 Å². The summed E-state index contributed by atoms with van der Waals surface area (Å²) in [4.78, 5) is 16.8. The van der Waals surface area contributed by atoms with Crippen molar-refractivity contribution in [3.05, 3.63) is 16.1 Å². The van der Waals surface area contributed by atoms with Gasteiger partial charge in [-0.05, 0) is 27.7 Å². The van der Waals surface area contributed by atoms with Crippen LogP contribution >= 0.6 is 11.3 Å². The van der Waals surface area contributed by atoms with Gasteiger partial charge in [-0.1, -0.05) is 0 Å². The van der Waals surface area contributed by atoms with Gasteiger partial charge in [0.25, 0.3) is 0 Å². The molecule has 0 aliphatic heterocycles. The minimum absolute atomic E-state index is 0.0394. The van der Waals surface area contributed by atoms with E-state index in [2.05, 4.69) is 15.6 Å². The Morgan fingerprint density at radius 1 is 1.40 bits per heavy atom. The fraction of sp³-hybridized carbons (Fsp3) is 0.600. The van der Waals surface area contributed by atoms with Gasteiger partial charge in [-0.3, -0.25) is 0 Å². The van der Waals surface area contributed by atoms with Gasteiger partial charge in [0.1, 0.15) is 5.01 Å². The van der Waals surface area contributed by atoms with Crippen molar-refractivity contribution in [3.63, 3.8) is 0 Å². The molecule has 1 aromatic heterocycles. The number of nitrogens with zero attached hydrogens (tertiary/aromatic N) is 1. The van der Waals surface area contributed by atoms with Crippen molar-refractivity contribution in [2.75, 3.05) is 0 Å². The number of nitrogens with one attached hydrogen (secondary N) is 2. The average molecular weight is 227 g/mol. The van der Waals surface area contributed by atoms with Crippen LogP contribution in [0.1, 0.15) is 36.7 Å². The molecule has 0 aliphatic rings. The van der Waals surface area contributed by atoms with Crippen molar-refractivity contribution in [2.45, 2.75) is 39.8 Å². The normalized spacial score (nSPS) is 12.6. The first kappa shape index (κ1) is 12.0. The van der Waals surface area contributed by atoms with E-state index in [0.29, 0.717) is 0 Å². The molecular formula is C10H17N3OS. The summed E-state index contributed by atoms with van der Waals surface area (Å²) in [7, 11) is 0. The molecule has 0 spiro atoms. The second-order valence-electron chi connectivity index (χ2n) is 3.80. The SMILES string of the molecule is Cc1cnc(C(C)NC(=O)NC(C)C)s1. The van der Waals surface area contributed by atoms with Gasteiger partial charge in [0, 0.05) is 17.1 Å². The predicted molar refractivity (Wildman–Crippen MR) is 62.1 cm³/mol. The van der Waals surface area contributed by atoms with Gasteiger partial charge >= 0.3 is 6.03 Å². The predicted octanol–water partition coefficient (Wildman–Crippen LogP) is 2.22. The summed E-state index contributed by atoms with van der Waals surface area (Å²) in [6.07, 6.45) is 1.82. The summed E-state index contributed by atoms with van der Waals surface area (Å²) < 4.78 is 0. The van der Waals surface area contributed by atoms with Crippen LogP contribution < -0.4 is 10.6 Å². The molecular weight excluding hydrogens is 210 g/mol. The monoisotopic (exact) mass is 227 g/mol. The van der Waals surface area contributed by atoms with Crippen LogP contribution in [0.5, 0.6) is 0 Å². The Morgan fingerprint density at radius 3 is 2.53 bits per heavy atom. The van der Waals surface area contributed by atoms with Crippen molar-refractivity contribution >= 4 is 17.4 Å². The second-order valence-corrected chi connectivity index (χ2v) is 5.07. The molecule has 1 heterocycles. The number of aryl methyl sites for hydroxylation is 1. The maximum atomic E-state index is 11.4. The maximum Gasteiger partial charge on any atom is 0.315 e. The lowest BCUT2D eigenvalue weighted by atomic mass is 10.3. The zero-order valence-electron chi connectivity index (χ0n) is 9.50. The van der Waals surface area contributed by atoms with Gasteiger partial charge in [0.2, 0.25) is 0 Å². The van der Waals surface area contributed by atoms with E-state index in [1.807, 2.05) is 33.9 Å². The van der Waals surface area contributed by atoms with Crippen molar-refractivity contribution in [1.82, 2.24) is 15.6 Å². The fourth-order valence-corrected chi connectivity index (χ4v) is 1.91. The first-order valence-electron chi connectivity index (χ1n) is 4.98. The summed E-state index contributed by atoms with van der Waals surface area (Å²) in [5, 5.41) is 6.55. The van der Waals surface area contributed by atoms with Crippen molar-refractivity contribution in [2.24, 2.45) is 0 Å². The molecule has 0 bridgehead atoms. The van der Waals surface area contributed by atoms with Crippen molar-refractivity contribution in [1.29, 1.82) is 0 Å². The zero-order chi connectivity index (χ0) is 11.4. The minimum Gasteiger partial charge on any atom is -0.336 e. The van der Waals surface area contributed by atoms with Crippen LogP contribution in [0.25, 0.3) is 0 Å². The Kier molecular flexibility index (Phi) is 4.08. The fourth-order valence-electron chi connectivity index (χ4n) is 1.13. The Bertz CT molecular complexity index is 335. The van der Waals surface area contributed by atoms with Crippen LogP contribution in [-0.4, -0.2) is 17.1 Å². The number of amides is 2. The number of hydrogen-bond acceptors (Lipinski definition) is 3. The third kappa shape index (κ3) is 3.87. The average Bonchev–Trinajstić information content (AvgIpc) is 2.49. The molecule has 1 rings (SSSR count). The molecule has 5 heteroatoms. The third-order valence-electron chi connectivity index (χ3n) is 1.78. The van der Waals surface area contributed by atoms with Crippen LogP contribution in [0.2, 0.25) is 0 Å². The molecule has 15 heavy (non-hydrogen) atoms. The van der Waals surface area contributed by atoms with Crippen LogP contribution in [0.15, 0.2) is 6.20 Å². The molecule has 0 saturated heterocycles. The van der Waals surface area contributed by atoms with Gasteiger partial charge in [-0.15, -0.1) is 11.3 Å². The van der Waals surface area contributed by atoms with Crippen LogP contribution in [-0.2, 0) is 0 Å². The molecule has 0 saturated carbocycles. The number of rotatable bonds is 3. The minimum atomic E-state index is -0.148. The number of hydrogen-bond donors (Lipinski definition) is 2. The highest BCUT2D eigenvalue weighted by Gasteiger charge is 2.12. The molecule has 1 aromatic rings. The first-order valence-corrected chi connectivity index (χ1v) is 5.80. The summed E-state index contributed by atoms with van der Waals surface area (Å²) in [6, 6.07) is -0.0389. The second kappa shape index (κ2) is 5.11. The number of carbonyl (C=O) groups is 1. The molecule has 0 fully saturated rings. The zero-order valence-corrected chi connectivity index (χ0v) is 10.3. The molecule has 0 aromatic carbocycles. The highest BCUT2D eigenvalue weighted by atomic mass is 32.1. The molecule has 0 radical (unpaired) electrons.